The first kappa shape index (κ1) is 26.4. The van der Waals surface area contributed by atoms with Crippen LogP contribution in [0.25, 0.3) is 43.1 Å². The average Bonchev–Trinajstić information content (AvgIpc) is 3.47. The maximum Gasteiger partial charge on any atom is 0.346 e. The van der Waals surface area contributed by atoms with Gasteiger partial charge in [-0.15, -0.1) is 21.9 Å². The van der Waals surface area contributed by atoms with Crippen molar-refractivity contribution < 1.29 is 24.5 Å². The molecule has 190 valence electrons. The lowest BCUT2D eigenvalue weighted by molar-refractivity contribution is 0.171. The molecule has 0 amide bonds. The van der Waals surface area contributed by atoms with Crippen molar-refractivity contribution in [2.45, 2.75) is 0 Å². The molecule has 0 fully saturated rings. The summed E-state index contributed by atoms with van der Waals surface area (Å²) in [7, 11) is 0. The highest BCUT2D eigenvalue weighted by Crippen LogP contribution is 2.14. The highest BCUT2D eigenvalue weighted by Gasteiger charge is 2.19. The molecule has 16 nitrogen and oxygen atoms in total. The Bertz CT molecular complexity index is 1960. The van der Waals surface area contributed by atoms with Crippen LogP contribution in [-0.2, 0) is 0 Å². The SMILES string of the molecule is Cl.NO.O=c1c2cc3c(=O)n(O)c(=O)c3cc2c(=O)n1O.O=c1oc(=O)c2cc3c(=O)oc(=O)c3cc12. The van der Waals surface area contributed by atoms with Gasteiger partial charge >= 0.3 is 22.5 Å². The molecule has 0 aliphatic rings. The Morgan fingerprint density at radius 2 is 0.649 bits per heavy atom. The van der Waals surface area contributed by atoms with Crippen molar-refractivity contribution >= 4 is 55.5 Å². The van der Waals surface area contributed by atoms with E-state index in [1.54, 1.807) is 0 Å². The second-order valence-corrected chi connectivity index (χ2v) is 7.08. The number of fused-ring (bicyclic) bond motifs is 4. The zero-order chi connectivity index (χ0) is 26.6. The molecule has 0 atom stereocenters. The van der Waals surface area contributed by atoms with Crippen LogP contribution in [0.15, 0.2) is 71.5 Å². The summed E-state index contributed by atoms with van der Waals surface area (Å²) in [4.78, 5) is 90.6. The molecule has 4 heterocycles. The standard InChI is InChI=1S/C10H4N2O6.C10H2O6.ClH.H3NO/c13-7-3-1-4-6(10(16)12(18)8(4)14)2-5(3)9(15)11(7)17;11-7-3-1-4-6(10(14)16-8(4)12)2-5(3)9(13)15-7;;1-2/h1-2,17-18H;1-2H;1H;2H,1H2. The number of nitrogens with two attached hydrogens (primary N) is 1. The molecule has 6 rings (SSSR count). The van der Waals surface area contributed by atoms with Crippen LogP contribution < -0.4 is 50.6 Å². The molecule has 0 aliphatic carbocycles. The van der Waals surface area contributed by atoms with Gasteiger partial charge in [0.25, 0.3) is 22.2 Å². The molecule has 37 heavy (non-hydrogen) atoms. The minimum absolute atomic E-state index is 0. The third kappa shape index (κ3) is 3.73. The first-order valence-electron chi connectivity index (χ1n) is 9.31. The lowest BCUT2D eigenvalue weighted by atomic mass is 10.1. The van der Waals surface area contributed by atoms with Crippen LogP contribution in [0, 0.1) is 0 Å². The lowest BCUT2D eigenvalue weighted by Crippen LogP contribution is -2.23. The molecule has 0 saturated heterocycles. The Morgan fingerprint density at radius 1 is 0.459 bits per heavy atom. The maximum atomic E-state index is 11.5. The van der Waals surface area contributed by atoms with Crippen LogP contribution in [0.2, 0.25) is 0 Å². The van der Waals surface area contributed by atoms with Gasteiger partial charge in [-0.05, 0) is 24.3 Å². The summed E-state index contributed by atoms with van der Waals surface area (Å²) >= 11 is 0. The molecule has 0 aliphatic heterocycles. The summed E-state index contributed by atoms with van der Waals surface area (Å²) in [6, 6.07) is 4.31. The Hall–Kier alpha value is -5.19. The lowest BCUT2D eigenvalue weighted by Gasteiger charge is -1.85. The molecule has 4 aromatic heterocycles. The predicted molar refractivity (Wildman–Crippen MR) is 126 cm³/mol. The number of hydrogen-bond acceptors (Lipinski definition) is 14. The van der Waals surface area contributed by atoms with Crippen LogP contribution in [0.3, 0.4) is 0 Å². The normalized spacial score (nSPS) is 10.8. The number of rotatable bonds is 0. The molecular weight excluding hydrogens is 526 g/mol. The first-order valence-corrected chi connectivity index (χ1v) is 9.31. The summed E-state index contributed by atoms with van der Waals surface area (Å²) in [5, 5.41) is 24.0. The quantitative estimate of drug-likeness (QED) is 0.117. The van der Waals surface area contributed by atoms with Crippen LogP contribution in [0.4, 0.5) is 0 Å². The van der Waals surface area contributed by atoms with Crippen LogP contribution >= 0.6 is 12.4 Å². The van der Waals surface area contributed by atoms with E-state index in [1.807, 2.05) is 0 Å². The molecule has 17 heteroatoms. The summed E-state index contributed by atoms with van der Waals surface area (Å²) in [6.07, 6.45) is 0. The molecule has 6 aromatic rings. The van der Waals surface area contributed by atoms with E-state index in [0.717, 1.165) is 24.3 Å². The number of halogens is 1. The van der Waals surface area contributed by atoms with Crippen LogP contribution in [0.5, 0.6) is 0 Å². The van der Waals surface area contributed by atoms with Crippen LogP contribution in [0.1, 0.15) is 0 Å². The number of hydrogen-bond donors (Lipinski definition) is 4. The third-order valence-corrected chi connectivity index (χ3v) is 5.26. The van der Waals surface area contributed by atoms with Gasteiger partial charge in [-0.2, -0.15) is 0 Å². The average molecular weight is 536 g/mol. The van der Waals surface area contributed by atoms with Crippen molar-refractivity contribution in [2.24, 2.45) is 5.90 Å². The van der Waals surface area contributed by atoms with Gasteiger partial charge in [-0.25, -0.2) is 25.1 Å². The van der Waals surface area contributed by atoms with Gasteiger partial charge in [0.1, 0.15) is 0 Å². The topological polar surface area (TPSA) is 259 Å². The molecule has 2 aromatic carbocycles. The minimum Gasteiger partial charge on any atom is -0.422 e. The Kier molecular flexibility index (Phi) is 6.51. The highest BCUT2D eigenvalue weighted by molar-refractivity contribution is 5.98. The van der Waals surface area contributed by atoms with Crippen molar-refractivity contribution in [2.75, 3.05) is 0 Å². The summed E-state index contributed by atoms with van der Waals surface area (Å²) < 4.78 is 8.50. The van der Waals surface area contributed by atoms with E-state index in [4.69, 9.17) is 15.6 Å². The van der Waals surface area contributed by atoms with E-state index in [2.05, 4.69) is 14.7 Å². The monoisotopic (exact) mass is 535 g/mol. The smallest absolute Gasteiger partial charge is 0.346 e. The number of furan rings is 2. The second kappa shape index (κ2) is 9.11. The first-order chi connectivity index (χ1) is 17.0. The Balaban J connectivity index is 0.000000189. The molecule has 0 bridgehead atoms. The Labute approximate surface area is 203 Å². The molecule has 0 spiro atoms. The van der Waals surface area contributed by atoms with Gasteiger partial charge in [0, 0.05) is 0 Å². The van der Waals surface area contributed by atoms with Gasteiger partial charge in [0.15, 0.2) is 0 Å². The van der Waals surface area contributed by atoms with E-state index >= 15 is 0 Å². The second-order valence-electron chi connectivity index (χ2n) is 7.08. The predicted octanol–water partition coefficient (Wildman–Crippen LogP) is -2.36. The largest absolute Gasteiger partial charge is 0.422 e. The molecular formula is C20H10ClN3O13. The van der Waals surface area contributed by atoms with E-state index in [1.165, 1.54) is 0 Å². The molecule has 0 saturated carbocycles. The maximum absolute atomic E-state index is 11.5. The van der Waals surface area contributed by atoms with Gasteiger partial charge in [0.2, 0.25) is 0 Å². The van der Waals surface area contributed by atoms with E-state index in [9.17, 15) is 38.4 Å². The number of nitrogens with zero attached hydrogens (tertiary/aromatic N) is 2. The molecule has 0 radical (unpaired) electrons. The minimum atomic E-state index is -0.977. The molecule has 5 N–H and O–H groups in total. The highest BCUT2D eigenvalue weighted by atomic mass is 35.5. The van der Waals surface area contributed by atoms with E-state index in [0.29, 0.717) is 0 Å². The van der Waals surface area contributed by atoms with Crippen molar-refractivity contribution in [1.82, 2.24) is 9.46 Å². The van der Waals surface area contributed by atoms with Crippen molar-refractivity contribution in [3.05, 3.63) is 107 Å². The zero-order valence-electron chi connectivity index (χ0n) is 17.6. The fourth-order valence-electron chi connectivity index (χ4n) is 3.61. The van der Waals surface area contributed by atoms with E-state index in [-0.39, 0.29) is 65.0 Å². The van der Waals surface area contributed by atoms with Crippen LogP contribution in [-0.4, -0.2) is 25.1 Å². The third-order valence-electron chi connectivity index (χ3n) is 5.26. The number of benzene rings is 2. The van der Waals surface area contributed by atoms with Crippen molar-refractivity contribution in [3.63, 3.8) is 0 Å². The van der Waals surface area contributed by atoms with Gasteiger partial charge in [-0.1, -0.05) is 0 Å². The number of aromatic nitrogens is 2. The van der Waals surface area contributed by atoms with Gasteiger partial charge in [-0.3, -0.25) is 19.2 Å². The fourth-order valence-corrected chi connectivity index (χ4v) is 3.61. The van der Waals surface area contributed by atoms with Gasteiger partial charge < -0.3 is 24.5 Å². The Morgan fingerprint density at radius 3 is 0.865 bits per heavy atom. The summed E-state index contributed by atoms with van der Waals surface area (Å²) in [6.45, 7) is 0. The van der Waals surface area contributed by atoms with Crippen molar-refractivity contribution in [1.29, 1.82) is 0 Å². The summed E-state index contributed by atoms with van der Waals surface area (Å²) in [5.41, 5.74) is -7.21. The summed E-state index contributed by atoms with van der Waals surface area (Å²) in [5.74, 6) is 3.50. The van der Waals surface area contributed by atoms with E-state index < -0.39 is 44.7 Å². The molecule has 0 unspecified atom stereocenters. The van der Waals surface area contributed by atoms with Crippen molar-refractivity contribution in [3.8, 4) is 0 Å². The van der Waals surface area contributed by atoms with Gasteiger partial charge in [0.05, 0.1) is 43.1 Å². The fraction of sp³-hybridized carbons (Fsp3) is 0. The zero-order valence-corrected chi connectivity index (χ0v) is 18.4.